The van der Waals surface area contributed by atoms with Gasteiger partial charge in [0.25, 0.3) is 0 Å². The summed E-state index contributed by atoms with van der Waals surface area (Å²) < 4.78 is 26.2. The van der Waals surface area contributed by atoms with Crippen molar-refractivity contribution in [3.05, 3.63) is 29.8 Å². The molecule has 7 heteroatoms. The van der Waals surface area contributed by atoms with Gasteiger partial charge in [0, 0.05) is 25.7 Å². The highest BCUT2D eigenvalue weighted by Gasteiger charge is 2.28. The highest BCUT2D eigenvalue weighted by atomic mass is 32.2. The van der Waals surface area contributed by atoms with E-state index < -0.39 is 10.0 Å². The molecule has 0 bridgehead atoms. The van der Waals surface area contributed by atoms with Crippen molar-refractivity contribution in [2.45, 2.75) is 51.1 Å². The zero-order chi connectivity index (χ0) is 17.7. The Labute approximate surface area is 144 Å². The van der Waals surface area contributed by atoms with E-state index in [1.807, 2.05) is 20.8 Å². The van der Waals surface area contributed by atoms with Crippen molar-refractivity contribution in [3.8, 4) is 0 Å². The van der Waals surface area contributed by atoms with Crippen LogP contribution in [0.5, 0.6) is 0 Å². The topological polar surface area (TPSA) is 78.5 Å². The molecule has 0 saturated heterocycles. The Kier molecular flexibility index (Phi) is 6.23. The zero-order valence-electron chi connectivity index (χ0n) is 14.6. The Balaban J connectivity index is 1.90. The molecule has 134 valence electrons. The molecule has 0 heterocycles. The number of benzene rings is 1. The summed E-state index contributed by atoms with van der Waals surface area (Å²) in [4.78, 5) is 12.1. The van der Waals surface area contributed by atoms with Crippen molar-refractivity contribution < 1.29 is 13.2 Å². The molecule has 6 nitrogen and oxygen atoms in total. The Morgan fingerprint density at radius 1 is 1.21 bits per heavy atom. The van der Waals surface area contributed by atoms with Crippen molar-refractivity contribution in [2.75, 3.05) is 13.1 Å². The summed E-state index contributed by atoms with van der Waals surface area (Å²) in [6, 6.07) is 6.67. The van der Waals surface area contributed by atoms with Crippen LogP contribution in [0.3, 0.4) is 0 Å². The fraction of sp³-hybridized carbons (Fsp3) is 0.588. The molecular weight excluding hydrogens is 326 g/mol. The average molecular weight is 353 g/mol. The van der Waals surface area contributed by atoms with Gasteiger partial charge in [0.05, 0.1) is 4.90 Å². The van der Waals surface area contributed by atoms with Gasteiger partial charge in [0.1, 0.15) is 0 Å². The summed E-state index contributed by atoms with van der Waals surface area (Å²) in [7, 11) is -3.43. The fourth-order valence-corrected chi connectivity index (χ4v) is 4.10. The minimum atomic E-state index is -3.43. The molecule has 24 heavy (non-hydrogen) atoms. The van der Waals surface area contributed by atoms with Crippen LogP contribution in [0.25, 0.3) is 0 Å². The first-order valence-corrected chi connectivity index (χ1v) is 9.96. The number of amides is 2. The molecule has 0 aromatic heterocycles. The van der Waals surface area contributed by atoms with Crippen molar-refractivity contribution in [1.82, 2.24) is 14.9 Å². The van der Waals surface area contributed by atoms with E-state index in [0.717, 1.165) is 5.56 Å². The van der Waals surface area contributed by atoms with Crippen molar-refractivity contribution in [2.24, 2.45) is 5.92 Å². The van der Waals surface area contributed by atoms with Gasteiger partial charge in [-0.15, -0.1) is 0 Å². The summed E-state index contributed by atoms with van der Waals surface area (Å²) in [6.45, 7) is 6.92. The second kappa shape index (κ2) is 7.98. The maximum atomic E-state index is 12.4. The number of hydrogen-bond donors (Lipinski definition) is 2. The monoisotopic (exact) mass is 353 g/mol. The van der Waals surface area contributed by atoms with Crippen LogP contribution in [0, 0.1) is 5.92 Å². The van der Waals surface area contributed by atoms with Gasteiger partial charge in [-0.3, -0.25) is 0 Å². The van der Waals surface area contributed by atoms with Gasteiger partial charge >= 0.3 is 6.03 Å². The van der Waals surface area contributed by atoms with Crippen LogP contribution < -0.4 is 10.6 Å². The van der Waals surface area contributed by atoms with Crippen LogP contribution in [0.4, 0.5) is 4.79 Å². The maximum Gasteiger partial charge on any atom is 0.315 e. The number of hydrogen-bond acceptors (Lipinski definition) is 3. The zero-order valence-corrected chi connectivity index (χ0v) is 15.4. The molecule has 1 unspecified atom stereocenters. The summed E-state index contributed by atoms with van der Waals surface area (Å²) in [6.07, 6.45) is 2.37. The lowest BCUT2D eigenvalue weighted by atomic mass is 10.2. The second-order valence-electron chi connectivity index (χ2n) is 6.19. The van der Waals surface area contributed by atoms with E-state index >= 15 is 0 Å². The van der Waals surface area contributed by atoms with Crippen LogP contribution in [0.2, 0.25) is 0 Å². The third kappa shape index (κ3) is 4.70. The molecular formula is C17H27N3O3S. The van der Waals surface area contributed by atoms with Crippen LogP contribution in [-0.4, -0.2) is 37.9 Å². The number of urea groups is 1. The molecule has 1 aliphatic rings. The standard InChI is InChI=1S/C17H27N3O3S/c1-4-20(5-2)24(22,23)16-10-6-14(7-11-16)12-18-17(21)19-13(3)15-8-9-15/h6-7,10-11,13,15H,4-5,8-9,12H2,1-3H3,(H2,18,19,21). The van der Waals surface area contributed by atoms with Crippen molar-refractivity contribution >= 4 is 16.1 Å². The highest BCUT2D eigenvalue weighted by molar-refractivity contribution is 7.89. The van der Waals surface area contributed by atoms with E-state index in [1.54, 1.807) is 24.3 Å². The Morgan fingerprint density at radius 3 is 2.29 bits per heavy atom. The average Bonchev–Trinajstić information content (AvgIpc) is 3.39. The lowest BCUT2D eigenvalue weighted by molar-refractivity contribution is 0.236. The predicted molar refractivity (Wildman–Crippen MR) is 94.1 cm³/mol. The lowest BCUT2D eigenvalue weighted by Gasteiger charge is -2.18. The Hall–Kier alpha value is -1.60. The first kappa shape index (κ1) is 18.7. The largest absolute Gasteiger partial charge is 0.335 e. The molecule has 1 atom stereocenters. The Morgan fingerprint density at radius 2 is 1.79 bits per heavy atom. The number of rotatable bonds is 8. The SMILES string of the molecule is CCN(CC)S(=O)(=O)c1ccc(CNC(=O)NC(C)C2CC2)cc1. The predicted octanol–water partition coefficient (Wildman–Crippen LogP) is 2.31. The Bertz CT molecular complexity index is 650. The van der Waals surface area contributed by atoms with Gasteiger partial charge in [0.15, 0.2) is 0 Å². The molecule has 0 spiro atoms. The first-order valence-electron chi connectivity index (χ1n) is 8.52. The highest BCUT2D eigenvalue weighted by Crippen LogP contribution is 2.32. The molecule has 1 aromatic rings. The molecule has 2 N–H and O–H groups in total. The smallest absolute Gasteiger partial charge is 0.315 e. The normalized spacial score (nSPS) is 16.0. The van der Waals surface area contributed by atoms with Crippen molar-refractivity contribution in [3.63, 3.8) is 0 Å². The number of sulfonamides is 1. The lowest BCUT2D eigenvalue weighted by Crippen LogP contribution is -2.41. The second-order valence-corrected chi connectivity index (χ2v) is 8.12. The molecule has 0 aliphatic heterocycles. The van der Waals surface area contributed by atoms with Gasteiger partial charge in [-0.05, 0) is 43.4 Å². The van der Waals surface area contributed by atoms with Crippen LogP contribution in [0.1, 0.15) is 39.2 Å². The van der Waals surface area contributed by atoms with E-state index in [1.165, 1.54) is 17.1 Å². The molecule has 1 aliphatic carbocycles. The van der Waals surface area contributed by atoms with E-state index in [-0.39, 0.29) is 17.0 Å². The third-order valence-corrected chi connectivity index (χ3v) is 6.47. The van der Waals surface area contributed by atoms with Crippen LogP contribution in [-0.2, 0) is 16.6 Å². The van der Waals surface area contributed by atoms with E-state index in [0.29, 0.717) is 25.6 Å². The minimum Gasteiger partial charge on any atom is -0.335 e. The van der Waals surface area contributed by atoms with E-state index in [4.69, 9.17) is 0 Å². The first-order chi connectivity index (χ1) is 11.4. The van der Waals surface area contributed by atoms with Gasteiger partial charge in [-0.2, -0.15) is 4.31 Å². The summed E-state index contributed by atoms with van der Waals surface area (Å²) in [5.41, 5.74) is 0.864. The van der Waals surface area contributed by atoms with Gasteiger partial charge in [0.2, 0.25) is 10.0 Å². The fourth-order valence-electron chi connectivity index (χ4n) is 2.65. The number of nitrogens with zero attached hydrogens (tertiary/aromatic N) is 1. The van der Waals surface area contributed by atoms with Gasteiger partial charge < -0.3 is 10.6 Å². The molecule has 2 amide bonds. The molecule has 1 saturated carbocycles. The maximum absolute atomic E-state index is 12.4. The van der Waals surface area contributed by atoms with E-state index in [9.17, 15) is 13.2 Å². The quantitative estimate of drug-likeness (QED) is 0.753. The van der Waals surface area contributed by atoms with Crippen LogP contribution in [0.15, 0.2) is 29.2 Å². The number of carbonyl (C=O) groups excluding carboxylic acids is 1. The summed E-state index contributed by atoms with van der Waals surface area (Å²) in [5, 5.41) is 5.73. The number of nitrogens with one attached hydrogen (secondary N) is 2. The van der Waals surface area contributed by atoms with E-state index in [2.05, 4.69) is 10.6 Å². The summed E-state index contributed by atoms with van der Waals surface area (Å²) >= 11 is 0. The van der Waals surface area contributed by atoms with Crippen LogP contribution >= 0.6 is 0 Å². The van der Waals surface area contributed by atoms with Crippen molar-refractivity contribution in [1.29, 1.82) is 0 Å². The molecule has 1 aromatic carbocycles. The van der Waals surface area contributed by atoms with Gasteiger partial charge in [-0.1, -0.05) is 26.0 Å². The molecule has 0 radical (unpaired) electrons. The minimum absolute atomic E-state index is 0.186. The molecule has 1 fully saturated rings. The molecule has 2 rings (SSSR count). The summed E-state index contributed by atoms with van der Waals surface area (Å²) in [5.74, 6) is 0.611. The van der Waals surface area contributed by atoms with Gasteiger partial charge in [-0.25, -0.2) is 13.2 Å². The third-order valence-electron chi connectivity index (χ3n) is 4.41. The number of carbonyl (C=O) groups is 1.